The van der Waals surface area contributed by atoms with Crippen molar-refractivity contribution in [2.45, 2.75) is 52.1 Å². The minimum atomic E-state index is 0.102. The molecule has 3 N–H and O–H groups in total. The summed E-state index contributed by atoms with van der Waals surface area (Å²) in [6, 6.07) is 0. The van der Waals surface area contributed by atoms with Gasteiger partial charge in [0.15, 0.2) is 0 Å². The highest BCUT2D eigenvalue weighted by Crippen LogP contribution is 2.14. The minimum Gasteiger partial charge on any atom is -0.379 e. The second-order valence-electron chi connectivity index (χ2n) is 6.35. The van der Waals surface area contributed by atoms with Crippen molar-refractivity contribution in [2.75, 3.05) is 32.9 Å². The van der Waals surface area contributed by atoms with Crippen molar-refractivity contribution < 1.29 is 14.3 Å². The maximum atomic E-state index is 11.8. The van der Waals surface area contributed by atoms with Crippen LogP contribution < -0.4 is 11.1 Å². The number of hydrogen-bond acceptors (Lipinski definition) is 4. The lowest BCUT2D eigenvalue weighted by Crippen LogP contribution is -2.30. The first-order chi connectivity index (χ1) is 10.1. The van der Waals surface area contributed by atoms with Gasteiger partial charge in [0.1, 0.15) is 0 Å². The number of rotatable bonds is 11. The third kappa shape index (κ3) is 9.06. The highest BCUT2D eigenvalue weighted by molar-refractivity contribution is 5.76. The number of amides is 1. The van der Waals surface area contributed by atoms with E-state index in [4.69, 9.17) is 15.2 Å². The SMILES string of the molecule is CC(C)C[C@H](CN)CC(=O)NCCCOCC1CCCO1. The van der Waals surface area contributed by atoms with E-state index in [0.29, 0.717) is 44.6 Å². The quantitative estimate of drug-likeness (QED) is 0.570. The monoisotopic (exact) mass is 300 g/mol. The van der Waals surface area contributed by atoms with Crippen molar-refractivity contribution >= 4 is 5.91 Å². The summed E-state index contributed by atoms with van der Waals surface area (Å²) in [6.45, 7) is 7.78. The van der Waals surface area contributed by atoms with E-state index >= 15 is 0 Å². The highest BCUT2D eigenvalue weighted by Gasteiger charge is 2.15. The van der Waals surface area contributed by atoms with Crippen LogP contribution in [0.3, 0.4) is 0 Å². The van der Waals surface area contributed by atoms with Crippen molar-refractivity contribution in [2.24, 2.45) is 17.6 Å². The van der Waals surface area contributed by atoms with Gasteiger partial charge in [0.05, 0.1) is 12.7 Å². The Hall–Kier alpha value is -0.650. The summed E-state index contributed by atoms with van der Waals surface area (Å²) in [5, 5.41) is 2.94. The van der Waals surface area contributed by atoms with Crippen LogP contribution in [0.4, 0.5) is 0 Å². The molecule has 1 aliphatic rings. The molecule has 21 heavy (non-hydrogen) atoms. The molecule has 0 bridgehead atoms. The molecule has 1 unspecified atom stereocenters. The molecule has 1 heterocycles. The molecule has 5 heteroatoms. The number of nitrogens with one attached hydrogen (secondary N) is 1. The van der Waals surface area contributed by atoms with E-state index in [0.717, 1.165) is 32.3 Å². The second-order valence-corrected chi connectivity index (χ2v) is 6.35. The molecule has 0 aromatic carbocycles. The number of ether oxygens (including phenoxy) is 2. The standard InChI is InChI=1S/C16H32N2O3/c1-13(2)9-14(11-17)10-16(19)18-6-4-7-20-12-15-5-3-8-21-15/h13-15H,3-12,17H2,1-2H3,(H,18,19)/t14-,15?/m0/s1. The first-order valence-corrected chi connectivity index (χ1v) is 8.28. The average Bonchev–Trinajstić information content (AvgIpc) is 2.94. The van der Waals surface area contributed by atoms with Crippen LogP contribution in [-0.2, 0) is 14.3 Å². The molecular weight excluding hydrogens is 268 g/mol. The van der Waals surface area contributed by atoms with Crippen molar-refractivity contribution in [3.05, 3.63) is 0 Å². The van der Waals surface area contributed by atoms with Crippen LogP contribution in [0.1, 0.15) is 46.0 Å². The van der Waals surface area contributed by atoms with Gasteiger partial charge in [-0.2, -0.15) is 0 Å². The Bertz CT molecular complexity index is 279. The van der Waals surface area contributed by atoms with Gasteiger partial charge in [-0.1, -0.05) is 13.8 Å². The van der Waals surface area contributed by atoms with Crippen LogP contribution in [0.25, 0.3) is 0 Å². The Morgan fingerprint density at radius 1 is 1.48 bits per heavy atom. The molecular formula is C16H32N2O3. The second kappa shape index (κ2) is 11.0. The first-order valence-electron chi connectivity index (χ1n) is 8.28. The molecule has 0 aromatic rings. The van der Waals surface area contributed by atoms with Gasteiger partial charge < -0.3 is 20.5 Å². The van der Waals surface area contributed by atoms with E-state index in [1.165, 1.54) is 0 Å². The summed E-state index contributed by atoms with van der Waals surface area (Å²) in [7, 11) is 0. The zero-order valence-corrected chi connectivity index (χ0v) is 13.6. The lowest BCUT2D eigenvalue weighted by Gasteiger charge is -2.16. The molecule has 1 saturated heterocycles. The zero-order chi connectivity index (χ0) is 15.5. The van der Waals surface area contributed by atoms with Gasteiger partial charge in [0.2, 0.25) is 5.91 Å². The highest BCUT2D eigenvalue weighted by atomic mass is 16.5. The van der Waals surface area contributed by atoms with Crippen LogP contribution in [-0.4, -0.2) is 44.9 Å². The molecule has 1 rings (SSSR count). The Balaban J connectivity index is 1.96. The molecule has 5 nitrogen and oxygen atoms in total. The zero-order valence-electron chi connectivity index (χ0n) is 13.6. The van der Waals surface area contributed by atoms with Gasteiger partial charge >= 0.3 is 0 Å². The molecule has 0 spiro atoms. The molecule has 1 amide bonds. The molecule has 124 valence electrons. The van der Waals surface area contributed by atoms with Gasteiger partial charge in [-0.3, -0.25) is 4.79 Å². The summed E-state index contributed by atoms with van der Waals surface area (Å²) in [5.41, 5.74) is 5.71. The fourth-order valence-electron chi connectivity index (χ4n) is 2.66. The first kappa shape index (κ1) is 18.4. The molecule has 0 aromatic heterocycles. The fraction of sp³-hybridized carbons (Fsp3) is 0.938. The molecule has 2 atom stereocenters. The Labute approximate surface area is 128 Å². The lowest BCUT2D eigenvalue weighted by molar-refractivity contribution is -0.122. The van der Waals surface area contributed by atoms with Crippen LogP contribution >= 0.6 is 0 Å². The molecule has 1 fully saturated rings. The number of carbonyl (C=O) groups excluding carboxylic acids is 1. The van der Waals surface area contributed by atoms with E-state index < -0.39 is 0 Å². The van der Waals surface area contributed by atoms with Crippen LogP contribution in [0, 0.1) is 11.8 Å². The summed E-state index contributed by atoms with van der Waals surface area (Å²) in [4.78, 5) is 11.8. The molecule has 0 saturated carbocycles. The number of nitrogens with two attached hydrogens (primary N) is 1. The van der Waals surface area contributed by atoms with Gasteiger partial charge in [-0.05, 0) is 44.1 Å². The maximum Gasteiger partial charge on any atom is 0.220 e. The maximum absolute atomic E-state index is 11.8. The molecule has 1 aliphatic heterocycles. The predicted octanol–water partition coefficient (Wildman–Crippen LogP) is 1.70. The number of carbonyl (C=O) groups is 1. The smallest absolute Gasteiger partial charge is 0.220 e. The van der Waals surface area contributed by atoms with E-state index in [1.54, 1.807) is 0 Å². The van der Waals surface area contributed by atoms with Crippen molar-refractivity contribution in [1.82, 2.24) is 5.32 Å². The third-order valence-corrected chi connectivity index (χ3v) is 3.73. The van der Waals surface area contributed by atoms with Crippen LogP contribution in [0.5, 0.6) is 0 Å². The molecule has 0 radical (unpaired) electrons. The molecule has 0 aliphatic carbocycles. The largest absolute Gasteiger partial charge is 0.379 e. The minimum absolute atomic E-state index is 0.102. The summed E-state index contributed by atoms with van der Waals surface area (Å²) in [5.74, 6) is 0.976. The van der Waals surface area contributed by atoms with Gasteiger partial charge in [-0.25, -0.2) is 0 Å². The Kier molecular flexibility index (Phi) is 9.63. The summed E-state index contributed by atoms with van der Waals surface area (Å²) < 4.78 is 11.0. The van der Waals surface area contributed by atoms with Crippen LogP contribution in [0.15, 0.2) is 0 Å². The van der Waals surface area contributed by atoms with Crippen LogP contribution in [0.2, 0.25) is 0 Å². The summed E-state index contributed by atoms with van der Waals surface area (Å²) >= 11 is 0. The topological polar surface area (TPSA) is 73.6 Å². The van der Waals surface area contributed by atoms with Gasteiger partial charge in [-0.15, -0.1) is 0 Å². The van der Waals surface area contributed by atoms with Crippen molar-refractivity contribution in [3.8, 4) is 0 Å². The van der Waals surface area contributed by atoms with E-state index in [-0.39, 0.29) is 12.0 Å². The summed E-state index contributed by atoms with van der Waals surface area (Å²) in [6.07, 6.45) is 4.91. The van der Waals surface area contributed by atoms with Gasteiger partial charge in [0, 0.05) is 26.2 Å². The van der Waals surface area contributed by atoms with Gasteiger partial charge in [0.25, 0.3) is 0 Å². The fourth-order valence-corrected chi connectivity index (χ4v) is 2.66. The van der Waals surface area contributed by atoms with Crippen molar-refractivity contribution in [3.63, 3.8) is 0 Å². The van der Waals surface area contributed by atoms with E-state index in [1.807, 2.05) is 0 Å². The normalized spacial score (nSPS) is 19.9. The number of hydrogen-bond donors (Lipinski definition) is 2. The predicted molar refractivity (Wildman–Crippen MR) is 84.0 cm³/mol. The Morgan fingerprint density at radius 3 is 2.90 bits per heavy atom. The van der Waals surface area contributed by atoms with Crippen molar-refractivity contribution in [1.29, 1.82) is 0 Å². The van der Waals surface area contributed by atoms with E-state index in [9.17, 15) is 4.79 Å². The lowest BCUT2D eigenvalue weighted by atomic mass is 9.94. The van der Waals surface area contributed by atoms with E-state index in [2.05, 4.69) is 19.2 Å². The Morgan fingerprint density at radius 2 is 2.29 bits per heavy atom. The third-order valence-electron chi connectivity index (χ3n) is 3.73. The average molecular weight is 300 g/mol.